The minimum absolute atomic E-state index is 0.401. The number of nitrogens with zero attached hydrogens (tertiary/aromatic N) is 2. The van der Waals surface area contributed by atoms with Crippen molar-refractivity contribution in [2.75, 3.05) is 0 Å². The van der Waals surface area contributed by atoms with Gasteiger partial charge in [-0.15, -0.1) is 23.2 Å². The fourth-order valence-corrected chi connectivity index (χ4v) is 1.57. The number of hydrogen-bond acceptors (Lipinski definition) is 3. The molecule has 50 valence electrons. The van der Waals surface area contributed by atoms with E-state index in [1.165, 1.54) is 0 Å². The molecule has 0 aliphatic heterocycles. The van der Waals surface area contributed by atoms with E-state index >= 15 is 0 Å². The summed E-state index contributed by atoms with van der Waals surface area (Å²) in [6, 6.07) is 0. The number of halogens is 2. The first-order valence-electron chi connectivity index (χ1n) is 2.30. The highest BCUT2D eigenvalue weighted by Gasteiger charge is 2.03. The monoisotopic (exact) mass is 182 g/mol. The molecule has 0 atom stereocenters. The summed E-state index contributed by atoms with van der Waals surface area (Å²) in [6.07, 6.45) is 0. The summed E-state index contributed by atoms with van der Waals surface area (Å²) in [5.74, 6) is 0.803. The number of hydrogen-bond donors (Lipinski definition) is 0. The quantitative estimate of drug-likeness (QED) is 0.655. The van der Waals surface area contributed by atoms with Crippen LogP contribution in [-0.2, 0) is 11.8 Å². The molecule has 0 aliphatic rings. The van der Waals surface area contributed by atoms with Crippen molar-refractivity contribution in [2.24, 2.45) is 0 Å². The number of rotatable bonds is 2. The van der Waals surface area contributed by atoms with Gasteiger partial charge in [0.15, 0.2) is 0 Å². The summed E-state index contributed by atoms with van der Waals surface area (Å²) in [5.41, 5.74) is 1.60. The lowest BCUT2D eigenvalue weighted by atomic mass is 10.4. The highest BCUT2D eigenvalue weighted by molar-refractivity contribution is 6.99. The molecule has 1 heterocycles. The van der Waals surface area contributed by atoms with Crippen LogP contribution in [0.25, 0.3) is 0 Å². The van der Waals surface area contributed by atoms with Gasteiger partial charge in [0.25, 0.3) is 0 Å². The van der Waals surface area contributed by atoms with Crippen LogP contribution in [0.5, 0.6) is 0 Å². The number of alkyl halides is 2. The first-order chi connectivity index (χ1) is 4.38. The Labute approximate surface area is 67.1 Å². The topological polar surface area (TPSA) is 25.8 Å². The molecule has 1 aromatic rings. The zero-order valence-electron chi connectivity index (χ0n) is 4.47. The van der Waals surface area contributed by atoms with E-state index < -0.39 is 0 Å². The summed E-state index contributed by atoms with van der Waals surface area (Å²) in [7, 11) is 0. The van der Waals surface area contributed by atoms with Crippen LogP contribution < -0.4 is 0 Å². The lowest BCUT2D eigenvalue weighted by Crippen LogP contribution is -1.84. The van der Waals surface area contributed by atoms with Gasteiger partial charge in [0, 0.05) is 0 Å². The molecule has 9 heavy (non-hydrogen) atoms. The first-order valence-corrected chi connectivity index (χ1v) is 4.10. The van der Waals surface area contributed by atoms with Crippen LogP contribution in [0.3, 0.4) is 0 Å². The largest absolute Gasteiger partial charge is 0.176 e. The van der Waals surface area contributed by atoms with E-state index in [1.54, 1.807) is 0 Å². The van der Waals surface area contributed by atoms with Crippen molar-refractivity contribution >= 4 is 34.9 Å². The molecular weight excluding hydrogens is 179 g/mol. The van der Waals surface area contributed by atoms with Gasteiger partial charge in [-0.2, -0.15) is 8.75 Å². The minimum Gasteiger partial charge on any atom is -0.176 e. The van der Waals surface area contributed by atoms with Crippen molar-refractivity contribution in [1.29, 1.82) is 0 Å². The van der Waals surface area contributed by atoms with Gasteiger partial charge in [-0.05, 0) is 0 Å². The van der Waals surface area contributed by atoms with Gasteiger partial charge in [-0.1, -0.05) is 0 Å². The van der Waals surface area contributed by atoms with Gasteiger partial charge in [0.2, 0.25) is 0 Å². The van der Waals surface area contributed by atoms with Gasteiger partial charge in [0.1, 0.15) is 0 Å². The maximum Gasteiger partial charge on any atom is 0.0935 e. The van der Waals surface area contributed by atoms with E-state index in [0.29, 0.717) is 11.8 Å². The third-order valence-electron chi connectivity index (χ3n) is 0.888. The molecule has 0 N–H and O–H groups in total. The molecule has 0 amide bonds. The molecule has 0 spiro atoms. The Bertz CT molecular complexity index is 170. The molecule has 0 fully saturated rings. The van der Waals surface area contributed by atoms with Crippen molar-refractivity contribution in [3.8, 4) is 0 Å². The first kappa shape index (κ1) is 7.25. The fourth-order valence-electron chi connectivity index (χ4n) is 0.427. The Balaban J connectivity index is 2.85. The van der Waals surface area contributed by atoms with Gasteiger partial charge in [0.05, 0.1) is 34.9 Å². The molecule has 5 heteroatoms. The minimum atomic E-state index is 0.401. The Morgan fingerprint density at radius 2 is 1.56 bits per heavy atom. The van der Waals surface area contributed by atoms with Crippen LogP contribution in [0, 0.1) is 0 Å². The van der Waals surface area contributed by atoms with Gasteiger partial charge in [-0.25, -0.2) is 0 Å². The molecule has 0 bridgehead atoms. The van der Waals surface area contributed by atoms with E-state index in [0.717, 1.165) is 23.1 Å². The van der Waals surface area contributed by atoms with Crippen LogP contribution in [0.1, 0.15) is 11.4 Å². The summed E-state index contributed by atoms with van der Waals surface area (Å²) < 4.78 is 7.84. The maximum absolute atomic E-state index is 5.50. The summed E-state index contributed by atoms with van der Waals surface area (Å²) >= 11 is 12.1. The molecule has 0 unspecified atom stereocenters. The second-order valence-corrected chi connectivity index (χ2v) is 2.49. The second-order valence-electron chi connectivity index (χ2n) is 1.42. The standard InChI is InChI=1S/C4H4Cl2N2S/c5-1-3-4(2-6)8-9-7-3/h1-2H2. The van der Waals surface area contributed by atoms with Crippen LogP contribution in [0.4, 0.5) is 0 Å². The molecule has 1 aromatic heterocycles. The smallest absolute Gasteiger partial charge is 0.0935 e. The Kier molecular flexibility index (Phi) is 2.69. The van der Waals surface area contributed by atoms with Crippen molar-refractivity contribution in [1.82, 2.24) is 8.75 Å². The molecule has 0 radical (unpaired) electrons. The molecule has 0 saturated heterocycles. The van der Waals surface area contributed by atoms with E-state index in [4.69, 9.17) is 23.2 Å². The van der Waals surface area contributed by atoms with Crippen LogP contribution in [-0.4, -0.2) is 8.75 Å². The predicted octanol–water partition coefficient (Wildman–Crippen LogP) is 2.02. The molecule has 2 nitrogen and oxygen atoms in total. The van der Waals surface area contributed by atoms with E-state index in [1.807, 2.05) is 0 Å². The second kappa shape index (κ2) is 3.34. The summed E-state index contributed by atoms with van der Waals surface area (Å²) in [5, 5.41) is 0. The van der Waals surface area contributed by atoms with E-state index in [2.05, 4.69) is 8.75 Å². The summed E-state index contributed by atoms with van der Waals surface area (Å²) in [6.45, 7) is 0. The fraction of sp³-hybridized carbons (Fsp3) is 0.500. The number of aromatic nitrogens is 2. The van der Waals surface area contributed by atoms with Crippen LogP contribution in [0.2, 0.25) is 0 Å². The average Bonchev–Trinajstić information content (AvgIpc) is 2.33. The van der Waals surface area contributed by atoms with Crippen molar-refractivity contribution < 1.29 is 0 Å². The molecule has 0 aromatic carbocycles. The normalized spacial score (nSPS) is 10.0. The van der Waals surface area contributed by atoms with Gasteiger partial charge < -0.3 is 0 Å². The van der Waals surface area contributed by atoms with E-state index in [9.17, 15) is 0 Å². The summed E-state index contributed by atoms with van der Waals surface area (Å²) in [4.78, 5) is 0. The molecule has 1 rings (SSSR count). The molecule has 0 saturated carbocycles. The lowest BCUT2D eigenvalue weighted by Gasteiger charge is -1.86. The van der Waals surface area contributed by atoms with Crippen LogP contribution in [0.15, 0.2) is 0 Å². The Morgan fingerprint density at radius 3 is 1.89 bits per heavy atom. The molecular formula is C4H4Cl2N2S. The SMILES string of the molecule is ClCc1nsnc1CCl. The van der Waals surface area contributed by atoms with Crippen molar-refractivity contribution in [2.45, 2.75) is 11.8 Å². The Morgan fingerprint density at radius 1 is 1.11 bits per heavy atom. The highest BCUT2D eigenvalue weighted by Crippen LogP contribution is 2.10. The van der Waals surface area contributed by atoms with Gasteiger partial charge in [-0.3, -0.25) is 0 Å². The maximum atomic E-state index is 5.50. The zero-order valence-corrected chi connectivity index (χ0v) is 6.80. The van der Waals surface area contributed by atoms with E-state index in [-0.39, 0.29) is 0 Å². The molecule has 0 aliphatic carbocycles. The van der Waals surface area contributed by atoms with Crippen LogP contribution >= 0.6 is 34.9 Å². The third-order valence-corrected chi connectivity index (χ3v) is 2.00. The predicted molar refractivity (Wildman–Crippen MR) is 39.0 cm³/mol. The Hall–Kier alpha value is 0.140. The van der Waals surface area contributed by atoms with Gasteiger partial charge >= 0.3 is 0 Å². The van der Waals surface area contributed by atoms with Crippen molar-refractivity contribution in [3.63, 3.8) is 0 Å². The highest BCUT2D eigenvalue weighted by atomic mass is 35.5. The zero-order chi connectivity index (χ0) is 6.69. The van der Waals surface area contributed by atoms with Crippen molar-refractivity contribution in [3.05, 3.63) is 11.4 Å². The average molecular weight is 183 g/mol. The lowest BCUT2D eigenvalue weighted by molar-refractivity contribution is 1.16. The third kappa shape index (κ3) is 1.53.